The van der Waals surface area contributed by atoms with Crippen molar-refractivity contribution in [2.45, 2.75) is 32.7 Å². The van der Waals surface area contributed by atoms with Gasteiger partial charge >= 0.3 is 0 Å². The average molecular weight is 168 g/mol. The van der Waals surface area contributed by atoms with E-state index in [1.54, 1.807) is 0 Å². The number of hydrogen-bond donors (Lipinski definition) is 1. The Hall–Kier alpha value is -0.520. The Morgan fingerprint density at radius 3 is 2.42 bits per heavy atom. The van der Waals surface area contributed by atoms with Gasteiger partial charge in [-0.1, -0.05) is 12.8 Å². The maximum atomic E-state index is 5.86. The van der Waals surface area contributed by atoms with Crippen molar-refractivity contribution >= 4 is 0 Å². The van der Waals surface area contributed by atoms with Crippen LogP contribution < -0.4 is 5.73 Å². The second-order valence-electron chi connectivity index (χ2n) is 3.81. The fraction of sp³-hybridized carbons (Fsp3) is 0.800. The SMILES string of the molecule is C#CCN(CC)CCC(C)(C)N. The van der Waals surface area contributed by atoms with E-state index < -0.39 is 0 Å². The van der Waals surface area contributed by atoms with E-state index in [1.807, 2.05) is 13.8 Å². The minimum absolute atomic E-state index is 0.0813. The number of hydrogen-bond acceptors (Lipinski definition) is 2. The van der Waals surface area contributed by atoms with Crippen molar-refractivity contribution in [1.82, 2.24) is 4.90 Å². The number of terminal acetylenes is 1. The molecule has 2 heteroatoms. The van der Waals surface area contributed by atoms with Gasteiger partial charge in [0.25, 0.3) is 0 Å². The largest absolute Gasteiger partial charge is 0.326 e. The molecule has 0 spiro atoms. The minimum atomic E-state index is -0.0813. The highest BCUT2D eigenvalue weighted by atomic mass is 15.1. The normalized spacial score (nSPS) is 11.7. The van der Waals surface area contributed by atoms with Crippen molar-refractivity contribution in [2.24, 2.45) is 5.73 Å². The molecule has 0 atom stereocenters. The van der Waals surface area contributed by atoms with Crippen LogP contribution in [-0.4, -0.2) is 30.1 Å². The molecule has 0 amide bonds. The predicted molar refractivity (Wildman–Crippen MR) is 53.8 cm³/mol. The fourth-order valence-electron chi connectivity index (χ4n) is 0.924. The van der Waals surface area contributed by atoms with Crippen LogP contribution >= 0.6 is 0 Å². The van der Waals surface area contributed by atoms with Gasteiger partial charge in [-0.2, -0.15) is 0 Å². The van der Waals surface area contributed by atoms with E-state index in [-0.39, 0.29) is 5.54 Å². The molecule has 0 aliphatic rings. The van der Waals surface area contributed by atoms with Gasteiger partial charge in [0.15, 0.2) is 0 Å². The molecule has 0 unspecified atom stereocenters. The molecule has 0 aromatic carbocycles. The minimum Gasteiger partial charge on any atom is -0.326 e. The molecule has 0 saturated carbocycles. The van der Waals surface area contributed by atoms with Gasteiger partial charge in [-0.05, 0) is 26.8 Å². The van der Waals surface area contributed by atoms with Crippen LogP contribution in [0.15, 0.2) is 0 Å². The number of nitrogens with zero attached hydrogens (tertiary/aromatic N) is 1. The number of nitrogens with two attached hydrogens (primary N) is 1. The lowest BCUT2D eigenvalue weighted by atomic mass is 10.0. The van der Waals surface area contributed by atoms with Gasteiger partial charge in [-0.3, -0.25) is 4.90 Å². The van der Waals surface area contributed by atoms with E-state index in [9.17, 15) is 0 Å². The van der Waals surface area contributed by atoms with Crippen molar-refractivity contribution in [3.05, 3.63) is 0 Å². The highest BCUT2D eigenvalue weighted by Crippen LogP contribution is 2.04. The van der Waals surface area contributed by atoms with E-state index in [0.717, 1.165) is 26.1 Å². The summed E-state index contributed by atoms with van der Waals surface area (Å²) in [6.45, 7) is 8.91. The molecule has 0 aliphatic heterocycles. The highest BCUT2D eigenvalue weighted by Gasteiger charge is 2.11. The van der Waals surface area contributed by atoms with Crippen LogP contribution in [0.5, 0.6) is 0 Å². The molecular formula is C10H20N2. The summed E-state index contributed by atoms with van der Waals surface area (Å²) in [6, 6.07) is 0. The van der Waals surface area contributed by atoms with E-state index in [4.69, 9.17) is 12.2 Å². The Kier molecular flexibility index (Phi) is 4.96. The lowest BCUT2D eigenvalue weighted by Gasteiger charge is -2.23. The van der Waals surface area contributed by atoms with Gasteiger partial charge in [0.1, 0.15) is 0 Å². The van der Waals surface area contributed by atoms with E-state index in [0.29, 0.717) is 0 Å². The highest BCUT2D eigenvalue weighted by molar-refractivity contribution is 4.88. The van der Waals surface area contributed by atoms with E-state index in [2.05, 4.69) is 17.7 Å². The zero-order valence-corrected chi connectivity index (χ0v) is 8.43. The Labute approximate surface area is 76.1 Å². The molecule has 0 aromatic rings. The van der Waals surface area contributed by atoms with Crippen molar-refractivity contribution in [2.75, 3.05) is 19.6 Å². The first-order valence-electron chi connectivity index (χ1n) is 4.44. The van der Waals surface area contributed by atoms with Crippen molar-refractivity contribution in [3.63, 3.8) is 0 Å². The first-order chi connectivity index (χ1) is 5.49. The average Bonchev–Trinajstić information content (AvgIpc) is 1.96. The molecule has 0 fully saturated rings. The Balaban J connectivity index is 3.67. The zero-order valence-electron chi connectivity index (χ0n) is 8.43. The fourth-order valence-corrected chi connectivity index (χ4v) is 0.924. The van der Waals surface area contributed by atoms with Crippen LogP contribution in [0.25, 0.3) is 0 Å². The van der Waals surface area contributed by atoms with Crippen molar-refractivity contribution < 1.29 is 0 Å². The maximum Gasteiger partial charge on any atom is 0.0598 e. The third-order valence-corrected chi connectivity index (χ3v) is 1.83. The lowest BCUT2D eigenvalue weighted by molar-refractivity contribution is 0.287. The summed E-state index contributed by atoms with van der Waals surface area (Å²) in [6.07, 6.45) is 6.21. The van der Waals surface area contributed by atoms with Crippen LogP contribution in [0.2, 0.25) is 0 Å². The molecule has 0 radical (unpaired) electrons. The summed E-state index contributed by atoms with van der Waals surface area (Å²) in [4.78, 5) is 2.22. The van der Waals surface area contributed by atoms with Crippen LogP contribution in [0.4, 0.5) is 0 Å². The first kappa shape index (κ1) is 11.5. The van der Waals surface area contributed by atoms with E-state index >= 15 is 0 Å². The first-order valence-corrected chi connectivity index (χ1v) is 4.44. The lowest BCUT2D eigenvalue weighted by Crippen LogP contribution is -2.37. The Morgan fingerprint density at radius 1 is 1.50 bits per heavy atom. The van der Waals surface area contributed by atoms with Gasteiger partial charge < -0.3 is 5.73 Å². The van der Waals surface area contributed by atoms with Crippen LogP contribution in [0.3, 0.4) is 0 Å². The third kappa shape index (κ3) is 6.21. The quantitative estimate of drug-likeness (QED) is 0.622. The topological polar surface area (TPSA) is 29.3 Å². The third-order valence-electron chi connectivity index (χ3n) is 1.83. The molecular weight excluding hydrogens is 148 g/mol. The van der Waals surface area contributed by atoms with Crippen LogP contribution in [0.1, 0.15) is 27.2 Å². The molecule has 2 N–H and O–H groups in total. The van der Waals surface area contributed by atoms with Gasteiger partial charge in [-0.15, -0.1) is 6.42 Å². The van der Waals surface area contributed by atoms with Crippen LogP contribution in [0, 0.1) is 12.3 Å². The van der Waals surface area contributed by atoms with Crippen molar-refractivity contribution in [3.8, 4) is 12.3 Å². The molecule has 0 saturated heterocycles. The van der Waals surface area contributed by atoms with E-state index in [1.165, 1.54) is 0 Å². The van der Waals surface area contributed by atoms with Gasteiger partial charge in [0.05, 0.1) is 6.54 Å². The summed E-state index contributed by atoms with van der Waals surface area (Å²) in [7, 11) is 0. The van der Waals surface area contributed by atoms with Gasteiger partial charge in [0.2, 0.25) is 0 Å². The van der Waals surface area contributed by atoms with Gasteiger partial charge in [0, 0.05) is 12.1 Å². The molecule has 0 aromatic heterocycles. The molecule has 70 valence electrons. The summed E-state index contributed by atoms with van der Waals surface area (Å²) < 4.78 is 0. The molecule has 2 nitrogen and oxygen atoms in total. The molecule has 0 rings (SSSR count). The molecule has 0 bridgehead atoms. The number of rotatable bonds is 5. The summed E-state index contributed by atoms with van der Waals surface area (Å²) in [5.74, 6) is 2.64. The second kappa shape index (κ2) is 5.18. The summed E-state index contributed by atoms with van der Waals surface area (Å²) >= 11 is 0. The van der Waals surface area contributed by atoms with Crippen LogP contribution in [-0.2, 0) is 0 Å². The standard InChI is InChI=1S/C10H20N2/c1-5-8-12(6-2)9-7-10(3,4)11/h1H,6-9,11H2,2-4H3. The molecule has 0 heterocycles. The van der Waals surface area contributed by atoms with Crippen molar-refractivity contribution in [1.29, 1.82) is 0 Å². The molecule has 0 aliphatic carbocycles. The zero-order chi connectivity index (χ0) is 9.61. The monoisotopic (exact) mass is 168 g/mol. The van der Waals surface area contributed by atoms with Gasteiger partial charge in [-0.25, -0.2) is 0 Å². The Bertz CT molecular complexity index is 150. The molecule has 12 heavy (non-hydrogen) atoms. The predicted octanol–water partition coefficient (Wildman–Crippen LogP) is 1.07. The Morgan fingerprint density at radius 2 is 2.08 bits per heavy atom. The second-order valence-corrected chi connectivity index (χ2v) is 3.81. The maximum absolute atomic E-state index is 5.86. The summed E-state index contributed by atoms with van der Waals surface area (Å²) in [5, 5.41) is 0. The smallest absolute Gasteiger partial charge is 0.0598 e. The summed E-state index contributed by atoms with van der Waals surface area (Å²) in [5.41, 5.74) is 5.77.